The van der Waals surface area contributed by atoms with Gasteiger partial charge in [0.25, 0.3) is 0 Å². The van der Waals surface area contributed by atoms with E-state index in [9.17, 15) is 0 Å². The average molecular weight is 171 g/mol. The molecule has 0 aromatic carbocycles. The molecule has 2 heteroatoms. The summed E-state index contributed by atoms with van der Waals surface area (Å²) in [6.07, 6.45) is 3.92. The number of hydrogen-bond donors (Lipinski definition) is 2. The molecule has 12 heavy (non-hydrogen) atoms. The molecule has 0 atom stereocenters. The van der Waals surface area contributed by atoms with Crippen molar-refractivity contribution in [2.24, 2.45) is 17.3 Å². The molecular formula is C10H21NO. The number of hydroxylamine groups is 1. The molecule has 0 amide bonds. The van der Waals surface area contributed by atoms with Crippen molar-refractivity contribution in [3.63, 3.8) is 0 Å². The highest BCUT2D eigenvalue weighted by Gasteiger charge is 2.31. The Hall–Kier alpha value is -0.0800. The molecule has 0 heterocycles. The SMILES string of the molecule is CC(C)(C)C[C@H]1C[C@@H](CNO)C1. The highest BCUT2D eigenvalue weighted by molar-refractivity contribution is 4.83. The first-order chi connectivity index (χ1) is 5.51. The zero-order valence-electron chi connectivity index (χ0n) is 8.43. The summed E-state index contributed by atoms with van der Waals surface area (Å²) < 4.78 is 0. The van der Waals surface area contributed by atoms with Crippen molar-refractivity contribution in [1.82, 2.24) is 5.48 Å². The topological polar surface area (TPSA) is 32.3 Å². The van der Waals surface area contributed by atoms with E-state index in [1.54, 1.807) is 0 Å². The van der Waals surface area contributed by atoms with E-state index < -0.39 is 0 Å². The second kappa shape index (κ2) is 3.75. The molecule has 2 N–H and O–H groups in total. The van der Waals surface area contributed by atoms with Gasteiger partial charge in [0, 0.05) is 6.54 Å². The van der Waals surface area contributed by atoms with Crippen LogP contribution in [0.2, 0.25) is 0 Å². The third kappa shape index (κ3) is 3.11. The summed E-state index contributed by atoms with van der Waals surface area (Å²) >= 11 is 0. The minimum absolute atomic E-state index is 0.474. The van der Waals surface area contributed by atoms with Gasteiger partial charge in [0.05, 0.1) is 0 Å². The van der Waals surface area contributed by atoms with Crippen LogP contribution >= 0.6 is 0 Å². The predicted octanol–water partition coefficient (Wildman–Crippen LogP) is 2.43. The molecular weight excluding hydrogens is 150 g/mol. The highest BCUT2D eigenvalue weighted by atomic mass is 16.5. The van der Waals surface area contributed by atoms with E-state index in [-0.39, 0.29) is 0 Å². The van der Waals surface area contributed by atoms with Gasteiger partial charge in [-0.3, -0.25) is 0 Å². The second-order valence-corrected chi connectivity index (χ2v) is 5.33. The number of hydrogen-bond acceptors (Lipinski definition) is 2. The van der Waals surface area contributed by atoms with Crippen LogP contribution in [0.4, 0.5) is 0 Å². The van der Waals surface area contributed by atoms with E-state index in [4.69, 9.17) is 5.21 Å². The summed E-state index contributed by atoms with van der Waals surface area (Å²) in [6, 6.07) is 0. The van der Waals surface area contributed by atoms with Crippen LogP contribution in [-0.2, 0) is 0 Å². The van der Waals surface area contributed by atoms with Gasteiger partial charge in [-0.25, -0.2) is 5.48 Å². The summed E-state index contributed by atoms with van der Waals surface area (Å²) in [7, 11) is 0. The fourth-order valence-electron chi connectivity index (χ4n) is 2.20. The van der Waals surface area contributed by atoms with E-state index >= 15 is 0 Å². The van der Waals surface area contributed by atoms with Crippen LogP contribution in [0.15, 0.2) is 0 Å². The summed E-state index contributed by atoms with van der Waals surface area (Å²) in [4.78, 5) is 0. The molecule has 1 fully saturated rings. The zero-order chi connectivity index (χ0) is 9.19. The Morgan fingerprint density at radius 1 is 1.25 bits per heavy atom. The molecule has 0 saturated heterocycles. The average Bonchev–Trinajstić information content (AvgIpc) is 1.80. The van der Waals surface area contributed by atoms with Gasteiger partial charge >= 0.3 is 0 Å². The molecule has 0 aliphatic heterocycles. The van der Waals surface area contributed by atoms with Gasteiger partial charge in [-0.15, -0.1) is 0 Å². The third-order valence-electron chi connectivity index (χ3n) is 2.61. The largest absolute Gasteiger partial charge is 0.317 e. The maximum atomic E-state index is 8.47. The molecule has 0 aromatic rings. The Bertz CT molecular complexity index is 133. The Labute approximate surface area is 75.3 Å². The van der Waals surface area contributed by atoms with Gasteiger partial charge in [0.2, 0.25) is 0 Å². The fraction of sp³-hybridized carbons (Fsp3) is 1.00. The monoisotopic (exact) mass is 171 g/mol. The molecule has 0 unspecified atom stereocenters. The van der Waals surface area contributed by atoms with Crippen LogP contribution in [-0.4, -0.2) is 11.8 Å². The fourth-order valence-corrected chi connectivity index (χ4v) is 2.20. The van der Waals surface area contributed by atoms with E-state index in [2.05, 4.69) is 26.3 Å². The third-order valence-corrected chi connectivity index (χ3v) is 2.61. The normalized spacial score (nSPS) is 30.0. The minimum atomic E-state index is 0.474. The first kappa shape index (κ1) is 10.0. The molecule has 0 spiro atoms. The quantitative estimate of drug-likeness (QED) is 0.639. The van der Waals surface area contributed by atoms with Crippen LogP contribution in [0.1, 0.15) is 40.0 Å². The van der Waals surface area contributed by atoms with Crippen molar-refractivity contribution in [3.8, 4) is 0 Å². The van der Waals surface area contributed by atoms with Gasteiger partial charge in [0.15, 0.2) is 0 Å². The lowest BCUT2D eigenvalue weighted by Gasteiger charge is -2.38. The summed E-state index contributed by atoms with van der Waals surface area (Å²) in [6.45, 7) is 7.67. The Morgan fingerprint density at radius 2 is 1.83 bits per heavy atom. The Balaban J connectivity index is 2.10. The molecule has 0 aromatic heterocycles. The number of rotatable bonds is 3. The second-order valence-electron chi connectivity index (χ2n) is 5.33. The minimum Gasteiger partial charge on any atom is -0.317 e. The summed E-state index contributed by atoms with van der Waals surface area (Å²) in [5, 5.41) is 8.47. The molecule has 1 rings (SSSR count). The van der Waals surface area contributed by atoms with Crippen molar-refractivity contribution < 1.29 is 5.21 Å². The summed E-state index contributed by atoms with van der Waals surface area (Å²) in [5.41, 5.74) is 2.73. The molecule has 2 nitrogen and oxygen atoms in total. The Morgan fingerprint density at radius 3 is 2.25 bits per heavy atom. The molecule has 0 radical (unpaired) electrons. The first-order valence-electron chi connectivity index (χ1n) is 4.88. The summed E-state index contributed by atoms with van der Waals surface area (Å²) in [5.74, 6) is 1.63. The van der Waals surface area contributed by atoms with Crippen LogP contribution in [0.5, 0.6) is 0 Å². The maximum absolute atomic E-state index is 8.47. The van der Waals surface area contributed by atoms with E-state index in [0.717, 1.165) is 18.4 Å². The van der Waals surface area contributed by atoms with Gasteiger partial charge in [0.1, 0.15) is 0 Å². The molecule has 1 aliphatic rings. The Kier molecular flexibility index (Phi) is 3.13. The van der Waals surface area contributed by atoms with Crippen molar-refractivity contribution >= 4 is 0 Å². The van der Waals surface area contributed by atoms with Gasteiger partial charge in [-0.05, 0) is 36.5 Å². The van der Waals surface area contributed by atoms with Gasteiger partial charge in [-0.1, -0.05) is 20.8 Å². The smallest absolute Gasteiger partial charge is 0.0236 e. The predicted molar refractivity (Wildman–Crippen MR) is 50.1 cm³/mol. The van der Waals surface area contributed by atoms with Crippen molar-refractivity contribution in [3.05, 3.63) is 0 Å². The molecule has 1 aliphatic carbocycles. The van der Waals surface area contributed by atoms with Crippen LogP contribution < -0.4 is 5.48 Å². The van der Waals surface area contributed by atoms with Gasteiger partial charge in [-0.2, -0.15) is 0 Å². The highest BCUT2D eigenvalue weighted by Crippen LogP contribution is 2.40. The van der Waals surface area contributed by atoms with Gasteiger partial charge < -0.3 is 5.21 Å². The standard InChI is InChI=1S/C10H21NO/c1-10(2,3)6-8-4-9(5-8)7-11-12/h8-9,11-12H,4-7H2,1-3H3/t8-,9+. The lowest BCUT2D eigenvalue weighted by molar-refractivity contribution is 0.0811. The zero-order valence-corrected chi connectivity index (χ0v) is 8.43. The van der Waals surface area contributed by atoms with Crippen molar-refractivity contribution in [2.45, 2.75) is 40.0 Å². The van der Waals surface area contributed by atoms with E-state index in [1.165, 1.54) is 19.3 Å². The van der Waals surface area contributed by atoms with Crippen LogP contribution in [0, 0.1) is 17.3 Å². The molecule has 72 valence electrons. The first-order valence-corrected chi connectivity index (χ1v) is 4.88. The van der Waals surface area contributed by atoms with Crippen molar-refractivity contribution in [2.75, 3.05) is 6.54 Å². The molecule has 0 bridgehead atoms. The van der Waals surface area contributed by atoms with E-state index in [0.29, 0.717) is 5.41 Å². The van der Waals surface area contributed by atoms with Crippen LogP contribution in [0.25, 0.3) is 0 Å². The lowest BCUT2D eigenvalue weighted by atomic mass is 9.68. The van der Waals surface area contributed by atoms with Crippen LogP contribution in [0.3, 0.4) is 0 Å². The van der Waals surface area contributed by atoms with E-state index in [1.807, 2.05) is 0 Å². The maximum Gasteiger partial charge on any atom is 0.0236 e. The van der Waals surface area contributed by atoms with Crippen molar-refractivity contribution in [1.29, 1.82) is 0 Å². The number of nitrogens with one attached hydrogen (secondary N) is 1. The lowest BCUT2D eigenvalue weighted by Crippen LogP contribution is -2.33. The molecule has 1 saturated carbocycles.